The molecule has 2 aliphatic heterocycles. The highest BCUT2D eigenvalue weighted by Gasteiger charge is 2.39. The second-order valence-corrected chi connectivity index (χ2v) is 5.29. The highest BCUT2D eigenvalue weighted by Crippen LogP contribution is 2.23. The van der Waals surface area contributed by atoms with E-state index < -0.39 is 18.1 Å². The summed E-state index contributed by atoms with van der Waals surface area (Å²) in [5, 5.41) is 21.9. The van der Waals surface area contributed by atoms with Crippen molar-refractivity contribution in [3.8, 4) is 0 Å². The van der Waals surface area contributed by atoms with Crippen LogP contribution in [0.1, 0.15) is 27.9 Å². The lowest BCUT2D eigenvalue weighted by Crippen LogP contribution is -2.40. The SMILES string of the molecule is O=C(O)[C@@H]1C[C@H](O)CN1C(=O)c1ccc2c(c1)CNC2. The molecule has 2 aliphatic rings. The van der Waals surface area contributed by atoms with E-state index in [1.54, 1.807) is 12.1 Å². The van der Waals surface area contributed by atoms with Crippen LogP contribution in [0.15, 0.2) is 18.2 Å². The minimum atomic E-state index is -1.07. The number of carboxylic acid groups (broad SMARTS) is 1. The second-order valence-electron chi connectivity index (χ2n) is 5.29. The molecule has 1 fully saturated rings. The number of carboxylic acids is 1. The molecule has 0 spiro atoms. The number of amides is 1. The van der Waals surface area contributed by atoms with Crippen LogP contribution in [0.5, 0.6) is 0 Å². The fraction of sp³-hybridized carbons (Fsp3) is 0.429. The Bertz CT molecular complexity index is 572. The first-order valence-corrected chi connectivity index (χ1v) is 6.60. The lowest BCUT2D eigenvalue weighted by Gasteiger charge is -2.21. The lowest BCUT2D eigenvalue weighted by atomic mass is 10.1. The van der Waals surface area contributed by atoms with Gasteiger partial charge in [-0.1, -0.05) is 6.07 Å². The number of nitrogens with one attached hydrogen (secondary N) is 1. The first-order chi connectivity index (χ1) is 9.56. The van der Waals surface area contributed by atoms with Crippen LogP contribution in [0.4, 0.5) is 0 Å². The van der Waals surface area contributed by atoms with Crippen LogP contribution in [-0.4, -0.2) is 45.7 Å². The maximum Gasteiger partial charge on any atom is 0.326 e. The van der Waals surface area contributed by atoms with Crippen molar-refractivity contribution < 1.29 is 19.8 Å². The molecule has 0 bridgehead atoms. The van der Waals surface area contributed by atoms with Crippen molar-refractivity contribution in [3.63, 3.8) is 0 Å². The van der Waals surface area contributed by atoms with Gasteiger partial charge in [0.05, 0.1) is 6.10 Å². The van der Waals surface area contributed by atoms with Crippen LogP contribution in [-0.2, 0) is 17.9 Å². The number of aliphatic hydroxyl groups is 1. The maximum atomic E-state index is 12.4. The predicted molar refractivity (Wildman–Crippen MR) is 70.1 cm³/mol. The fourth-order valence-electron chi connectivity index (χ4n) is 2.87. The molecule has 0 saturated carbocycles. The van der Waals surface area contributed by atoms with Gasteiger partial charge in [0.25, 0.3) is 5.91 Å². The number of rotatable bonds is 2. The molecule has 2 heterocycles. The minimum absolute atomic E-state index is 0.0745. The number of carbonyl (C=O) groups is 2. The number of likely N-dealkylation sites (tertiary alicyclic amines) is 1. The van der Waals surface area contributed by atoms with Crippen molar-refractivity contribution in [2.24, 2.45) is 0 Å². The average Bonchev–Trinajstić information content (AvgIpc) is 3.02. The van der Waals surface area contributed by atoms with Crippen LogP contribution in [0, 0.1) is 0 Å². The molecule has 0 radical (unpaired) electrons. The zero-order valence-corrected chi connectivity index (χ0v) is 10.9. The summed E-state index contributed by atoms with van der Waals surface area (Å²) < 4.78 is 0. The molecule has 0 aliphatic carbocycles. The largest absolute Gasteiger partial charge is 0.480 e. The Morgan fingerprint density at radius 1 is 1.25 bits per heavy atom. The fourth-order valence-corrected chi connectivity index (χ4v) is 2.87. The number of benzene rings is 1. The zero-order chi connectivity index (χ0) is 14.3. The summed E-state index contributed by atoms with van der Waals surface area (Å²) in [6, 6.07) is 4.48. The van der Waals surface area contributed by atoms with E-state index in [2.05, 4.69) is 5.32 Å². The molecule has 6 nitrogen and oxygen atoms in total. The molecule has 0 unspecified atom stereocenters. The van der Waals surface area contributed by atoms with Gasteiger partial charge < -0.3 is 20.4 Å². The number of hydrogen-bond acceptors (Lipinski definition) is 4. The highest BCUT2D eigenvalue weighted by molar-refractivity contribution is 5.97. The van der Waals surface area contributed by atoms with Gasteiger partial charge in [-0.3, -0.25) is 4.79 Å². The third-order valence-electron chi connectivity index (χ3n) is 3.91. The number of hydrogen-bond donors (Lipinski definition) is 3. The normalized spacial score (nSPS) is 24.8. The van der Waals surface area contributed by atoms with Crippen molar-refractivity contribution >= 4 is 11.9 Å². The van der Waals surface area contributed by atoms with Crippen molar-refractivity contribution in [2.75, 3.05) is 6.54 Å². The molecule has 1 saturated heterocycles. The summed E-state index contributed by atoms with van der Waals surface area (Å²) >= 11 is 0. The molecular formula is C14H16N2O4. The molecule has 1 aromatic rings. The standard InChI is InChI=1S/C14H16N2O4/c17-11-4-12(14(19)20)16(7-11)13(18)8-1-2-9-5-15-6-10(9)3-8/h1-3,11-12,15,17H,4-7H2,(H,19,20)/t11-,12-/m0/s1. The Balaban J connectivity index is 1.86. The number of fused-ring (bicyclic) bond motifs is 1. The molecule has 1 aromatic carbocycles. The van der Waals surface area contributed by atoms with E-state index in [1.807, 2.05) is 6.07 Å². The Kier molecular flexibility index (Phi) is 3.19. The van der Waals surface area contributed by atoms with E-state index in [0.717, 1.165) is 24.2 Å². The maximum absolute atomic E-state index is 12.4. The number of carbonyl (C=O) groups excluding carboxylic acids is 1. The monoisotopic (exact) mass is 276 g/mol. The van der Waals surface area contributed by atoms with Gasteiger partial charge in [-0.25, -0.2) is 4.79 Å². The first-order valence-electron chi connectivity index (χ1n) is 6.60. The quantitative estimate of drug-likeness (QED) is 0.704. The number of β-amino-alcohol motifs (C(OH)–C–C–N with tert-alkyl or cyclic N) is 1. The number of aliphatic hydroxyl groups excluding tert-OH is 1. The number of nitrogens with zero attached hydrogens (tertiary/aromatic N) is 1. The van der Waals surface area contributed by atoms with Crippen molar-refractivity contribution in [2.45, 2.75) is 31.7 Å². The molecule has 6 heteroatoms. The van der Waals surface area contributed by atoms with E-state index in [0.29, 0.717) is 5.56 Å². The molecule has 0 aromatic heterocycles. The molecular weight excluding hydrogens is 260 g/mol. The molecule has 3 N–H and O–H groups in total. The Hall–Kier alpha value is -1.92. The minimum Gasteiger partial charge on any atom is -0.480 e. The van der Waals surface area contributed by atoms with E-state index in [1.165, 1.54) is 4.90 Å². The summed E-state index contributed by atoms with van der Waals surface area (Å²) in [5.41, 5.74) is 2.72. The summed E-state index contributed by atoms with van der Waals surface area (Å²) in [7, 11) is 0. The van der Waals surface area contributed by atoms with E-state index in [4.69, 9.17) is 5.11 Å². The van der Waals surface area contributed by atoms with Crippen molar-refractivity contribution in [1.29, 1.82) is 0 Å². The average molecular weight is 276 g/mol. The van der Waals surface area contributed by atoms with Gasteiger partial charge >= 0.3 is 5.97 Å². The van der Waals surface area contributed by atoms with Gasteiger partial charge in [0, 0.05) is 31.6 Å². The van der Waals surface area contributed by atoms with E-state index in [-0.39, 0.29) is 18.9 Å². The van der Waals surface area contributed by atoms with Gasteiger partial charge in [0.1, 0.15) is 6.04 Å². The molecule has 20 heavy (non-hydrogen) atoms. The zero-order valence-electron chi connectivity index (χ0n) is 10.9. The molecule has 3 rings (SSSR count). The van der Waals surface area contributed by atoms with E-state index in [9.17, 15) is 14.7 Å². The van der Waals surface area contributed by atoms with Gasteiger partial charge in [0.15, 0.2) is 0 Å². The van der Waals surface area contributed by atoms with Gasteiger partial charge in [-0.05, 0) is 23.3 Å². The summed E-state index contributed by atoms with van der Waals surface area (Å²) in [6.07, 6.45) is -0.677. The van der Waals surface area contributed by atoms with Gasteiger partial charge in [-0.15, -0.1) is 0 Å². The van der Waals surface area contributed by atoms with Crippen molar-refractivity contribution in [3.05, 3.63) is 34.9 Å². The van der Waals surface area contributed by atoms with Crippen LogP contribution >= 0.6 is 0 Å². The second kappa shape index (κ2) is 4.88. The van der Waals surface area contributed by atoms with Crippen LogP contribution in [0.25, 0.3) is 0 Å². The molecule has 2 atom stereocenters. The predicted octanol–water partition coefficient (Wildman–Crippen LogP) is -0.0502. The smallest absolute Gasteiger partial charge is 0.326 e. The third-order valence-corrected chi connectivity index (χ3v) is 3.91. The first kappa shape index (κ1) is 13.1. The number of aliphatic carboxylic acids is 1. The van der Waals surface area contributed by atoms with E-state index >= 15 is 0 Å². The Morgan fingerprint density at radius 3 is 2.75 bits per heavy atom. The van der Waals surface area contributed by atoms with Crippen LogP contribution in [0.2, 0.25) is 0 Å². The van der Waals surface area contributed by atoms with Crippen LogP contribution < -0.4 is 5.32 Å². The van der Waals surface area contributed by atoms with Gasteiger partial charge in [-0.2, -0.15) is 0 Å². The molecule has 1 amide bonds. The summed E-state index contributed by atoms with van der Waals surface area (Å²) in [5.74, 6) is -1.40. The Morgan fingerprint density at radius 2 is 2.00 bits per heavy atom. The summed E-state index contributed by atoms with van der Waals surface area (Å²) in [4.78, 5) is 24.9. The summed E-state index contributed by atoms with van der Waals surface area (Å²) in [6.45, 7) is 1.59. The highest BCUT2D eigenvalue weighted by atomic mass is 16.4. The topological polar surface area (TPSA) is 89.9 Å². The Labute approximate surface area is 116 Å². The van der Waals surface area contributed by atoms with Gasteiger partial charge in [0.2, 0.25) is 0 Å². The van der Waals surface area contributed by atoms with Crippen molar-refractivity contribution in [1.82, 2.24) is 10.2 Å². The lowest BCUT2D eigenvalue weighted by molar-refractivity contribution is -0.141. The third kappa shape index (κ3) is 2.17. The van der Waals surface area contributed by atoms with Crippen LogP contribution in [0.3, 0.4) is 0 Å². The molecule has 106 valence electrons.